The van der Waals surface area contributed by atoms with E-state index >= 15 is 0 Å². The Morgan fingerprint density at radius 2 is 2.16 bits per heavy atom. The average molecular weight is 353 g/mol. The number of aryl methyl sites for hydroxylation is 1. The number of hydrogen-bond acceptors (Lipinski definition) is 5. The molecule has 0 saturated heterocycles. The molecule has 25 heavy (non-hydrogen) atoms. The van der Waals surface area contributed by atoms with Gasteiger partial charge in [-0.1, -0.05) is 30.8 Å². The molecule has 1 atom stereocenters. The molecule has 1 aromatic carbocycles. The second-order valence-corrected chi connectivity index (χ2v) is 6.90. The van der Waals surface area contributed by atoms with Crippen molar-refractivity contribution < 1.29 is 9.53 Å². The number of imidazole rings is 1. The van der Waals surface area contributed by atoms with Gasteiger partial charge in [-0.2, -0.15) is 5.26 Å². The molecule has 5 nitrogen and oxygen atoms in total. The monoisotopic (exact) mass is 353 g/mol. The molecule has 2 aromatic heterocycles. The topological polar surface area (TPSA) is 67.4 Å². The van der Waals surface area contributed by atoms with E-state index in [1.54, 1.807) is 0 Å². The molecule has 2 heterocycles. The van der Waals surface area contributed by atoms with Gasteiger partial charge in [0.05, 0.1) is 28.2 Å². The van der Waals surface area contributed by atoms with Crippen molar-refractivity contribution in [3.8, 4) is 6.07 Å². The molecule has 0 N–H and O–H groups in total. The number of hydrogen-bond donors (Lipinski definition) is 0. The molecule has 0 bridgehead atoms. The number of aromatic nitrogens is 2. The number of ether oxygens (including phenoxy) is 1. The molecular formula is C19H19N3O2S. The maximum absolute atomic E-state index is 12.2. The summed E-state index contributed by atoms with van der Waals surface area (Å²) in [6.07, 6.45) is 0.663. The Balaban J connectivity index is 2.21. The minimum atomic E-state index is -0.295. The zero-order valence-corrected chi connectivity index (χ0v) is 15.3. The van der Waals surface area contributed by atoms with Crippen LogP contribution in [-0.4, -0.2) is 27.2 Å². The van der Waals surface area contributed by atoms with Gasteiger partial charge in [0.25, 0.3) is 0 Å². The quantitative estimate of drug-likeness (QED) is 0.510. The van der Waals surface area contributed by atoms with E-state index < -0.39 is 0 Å². The number of rotatable bonds is 5. The number of pyridine rings is 1. The zero-order chi connectivity index (χ0) is 18.0. The number of benzene rings is 1. The van der Waals surface area contributed by atoms with Crippen LogP contribution in [0.25, 0.3) is 16.7 Å². The van der Waals surface area contributed by atoms with Crippen molar-refractivity contribution in [3.63, 3.8) is 0 Å². The van der Waals surface area contributed by atoms with Gasteiger partial charge in [-0.05, 0) is 44.0 Å². The van der Waals surface area contributed by atoms with Crippen molar-refractivity contribution in [2.24, 2.45) is 0 Å². The van der Waals surface area contributed by atoms with Crippen LogP contribution in [0.1, 0.15) is 31.4 Å². The Labute approximate surface area is 150 Å². The molecule has 128 valence electrons. The first-order chi connectivity index (χ1) is 12.1. The van der Waals surface area contributed by atoms with Gasteiger partial charge in [0.2, 0.25) is 0 Å². The molecule has 3 rings (SSSR count). The molecule has 0 radical (unpaired) electrons. The largest absolute Gasteiger partial charge is 0.465 e. The van der Waals surface area contributed by atoms with E-state index in [9.17, 15) is 10.1 Å². The molecule has 3 aromatic rings. The van der Waals surface area contributed by atoms with Crippen LogP contribution >= 0.6 is 11.8 Å². The molecule has 0 amide bonds. The van der Waals surface area contributed by atoms with Gasteiger partial charge in [0.15, 0.2) is 5.65 Å². The first kappa shape index (κ1) is 17.3. The standard InChI is InChI=1S/C19H19N3O2S/c1-4-16(19(23)24-5-2)25-17-10-12(3)13(11-20)18-21-14-8-6-7-9-15(14)22(17)18/h6-10,16H,4-5H2,1-3H3. The maximum atomic E-state index is 12.2. The van der Waals surface area contributed by atoms with Gasteiger partial charge < -0.3 is 4.74 Å². The number of thioether (sulfide) groups is 1. The number of esters is 1. The summed E-state index contributed by atoms with van der Waals surface area (Å²) in [5, 5.41) is 10.1. The summed E-state index contributed by atoms with van der Waals surface area (Å²) in [5.74, 6) is -0.213. The van der Waals surface area contributed by atoms with Crippen molar-refractivity contribution in [1.82, 2.24) is 9.38 Å². The van der Waals surface area contributed by atoms with E-state index in [0.29, 0.717) is 24.2 Å². The number of nitriles is 1. The summed E-state index contributed by atoms with van der Waals surface area (Å²) in [4.78, 5) is 16.8. The van der Waals surface area contributed by atoms with Crippen LogP contribution in [0.5, 0.6) is 0 Å². The summed E-state index contributed by atoms with van der Waals surface area (Å²) in [6.45, 7) is 6.04. The first-order valence-corrected chi connectivity index (χ1v) is 9.12. The van der Waals surface area contributed by atoms with Gasteiger partial charge in [0.1, 0.15) is 11.3 Å². The van der Waals surface area contributed by atoms with E-state index in [-0.39, 0.29) is 11.2 Å². The van der Waals surface area contributed by atoms with E-state index in [1.165, 1.54) is 11.8 Å². The number of para-hydroxylation sites is 2. The van der Waals surface area contributed by atoms with Crippen LogP contribution in [0.4, 0.5) is 0 Å². The highest BCUT2D eigenvalue weighted by atomic mass is 32.2. The number of carbonyl (C=O) groups excluding carboxylic acids is 1. The highest BCUT2D eigenvalue weighted by molar-refractivity contribution is 8.00. The van der Waals surface area contributed by atoms with Crippen molar-refractivity contribution in [2.75, 3.05) is 6.61 Å². The average Bonchev–Trinajstić information content (AvgIpc) is 2.99. The van der Waals surface area contributed by atoms with Gasteiger partial charge in [-0.15, -0.1) is 0 Å². The molecule has 0 aliphatic rings. The van der Waals surface area contributed by atoms with Gasteiger partial charge in [0, 0.05) is 0 Å². The smallest absolute Gasteiger partial charge is 0.319 e. The fraction of sp³-hybridized carbons (Fsp3) is 0.316. The summed E-state index contributed by atoms with van der Waals surface area (Å²) in [5.41, 5.74) is 3.80. The third-order valence-corrected chi connectivity index (χ3v) is 5.39. The Bertz CT molecular complexity index is 988. The Kier molecular flexibility index (Phi) is 4.95. The lowest BCUT2D eigenvalue weighted by Crippen LogP contribution is -2.19. The first-order valence-electron chi connectivity index (χ1n) is 8.24. The van der Waals surface area contributed by atoms with Crippen molar-refractivity contribution >= 4 is 34.4 Å². The van der Waals surface area contributed by atoms with Crippen LogP contribution < -0.4 is 0 Å². The van der Waals surface area contributed by atoms with Crippen LogP contribution in [0.2, 0.25) is 0 Å². The Morgan fingerprint density at radius 1 is 1.40 bits per heavy atom. The molecule has 0 spiro atoms. The highest BCUT2D eigenvalue weighted by Crippen LogP contribution is 2.32. The fourth-order valence-electron chi connectivity index (χ4n) is 2.82. The lowest BCUT2D eigenvalue weighted by Gasteiger charge is -2.15. The van der Waals surface area contributed by atoms with E-state index in [1.807, 2.05) is 55.5 Å². The van der Waals surface area contributed by atoms with Crippen LogP contribution in [0.3, 0.4) is 0 Å². The fourth-order valence-corrected chi connectivity index (χ4v) is 3.98. The van der Waals surface area contributed by atoms with Crippen LogP contribution in [0.15, 0.2) is 35.4 Å². The van der Waals surface area contributed by atoms with Gasteiger partial charge in [-0.3, -0.25) is 9.20 Å². The third-order valence-electron chi connectivity index (χ3n) is 4.03. The van der Waals surface area contributed by atoms with E-state index in [0.717, 1.165) is 21.6 Å². The molecule has 0 fully saturated rings. The summed E-state index contributed by atoms with van der Waals surface area (Å²) in [7, 11) is 0. The van der Waals surface area contributed by atoms with Crippen molar-refractivity contribution in [2.45, 2.75) is 37.5 Å². The molecule has 0 aliphatic carbocycles. The van der Waals surface area contributed by atoms with E-state index in [2.05, 4.69) is 11.1 Å². The third kappa shape index (κ3) is 3.08. The van der Waals surface area contributed by atoms with E-state index in [4.69, 9.17) is 4.74 Å². The maximum Gasteiger partial charge on any atom is 0.319 e. The number of fused-ring (bicyclic) bond motifs is 3. The van der Waals surface area contributed by atoms with Gasteiger partial charge in [-0.25, -0.2) is 4.98 Å². The van der Waals surface area contributed by atoms with Crippen LogP contribution in [0, 0.1) is 18.3 Å². The predicted octanol–water partition coefficient (Wildman–Crippen LogP) is 4.10. The lowest BCUT2D eigenvalue weighted by atomic mass is 10.2. The zero-order valence-electron chi connectivity index (χ0n) is 14.4. The summed E-state index contributed by atoms with van der Waals surface area (Å²) in [6, 6.07) is 12.0. The Morgan fingerprint density at radius 3 is 2.84 bits per heavy atom. The number of nitrogens with zero attached hydrogens (tertiary/aromatic N) is 3. The number of carbonyl (C=O) groups is 1. The minimum absolute atomic E-state index is 0.213. The molecule has 0 saturated carbocycles. The minimum Gasteiger partial charge on any atom is -0.465 e. The predicted molar refractivity (Wildman–Crippen MR) is 98.7 cm³/mol. The summed E-state index contributed by atoms with van der Waals surface area (Å²) >= 11 is 1.46. The van der Waals surface area contributed by atoms with Crippen molar-refractivity contribution in [3.05, 3.63) is 41.5 Å². The highest BCUT2D eigenvalue weighted by Gasteiger charge is 2.23. The van der Waals surface area contributed by atoms with Crippen molar-refractivity contribution in [1.29, 1.82) is 5.26 Å². The second kappa shape index (κ2) is 7.16. The molecule has 0 aliphatic heterocycles. The van der Waals surface area contributed by atoms with Gasteiger partial charge >= 0.3 is 5.97 Å². The second-order valence-electron chi connectivity index (χ2n) is 5.68. The normalized spacial score (nSPS) is 12.2. The van der Waals surface area contributed by atoms with Crippen LogP contribution in [-0.2, 0) is 9.53 Å². The lowest BCUT2D eigenvalue weighted by molar-refractivity contribution is -0.142. The Hall–Kier alpha value is -2.52. The molecular weight excluding hydrogens is 334 g/mol. The molecule has 6 heteroatoms. The SMILES string of the molecule is CCOC(=O)C(CC)Sc1cc(C)c(C#N)c2nc3ccccc3n12. The molecule has 1 unspecified atom stereocenters. The summed E-state index contributed by atoms with van der Waals surface area (Å²) < 4.78 is 7.15.